The molecule has 1 aliphatic rings. The normalized spacial score (nSPS) is 18.3. The Morgan fingerprint density at radius 1 is 1.54 bits per heavy atom. The second-order valence-corrected chi connectivity index (χ2v) is 3.46. The SMILES string of the molecule is COC(=O)c1nnc(C2(C)CC2)o1. The zero-order valence-electron chi connectivity index (χ0n) is 7.53. The number of nitrogens with zero attached hydrogens (tertiary/aromatic N) is 2. The molecule has 2 rings (SSSR count). The van der Waals surface area contributed by atoms with Gasteiger partial charge in [-0.25, -0.2) is 4.79 Å². The van der Waals surface area contributed by atoms with Gasteiger partial charge in [-0.05, 0) is 12.8 Å². The fourth-order valence-corrected chi connectivity index (χ4v) is 1.04. The Kier molecular flexibility index (Phi) is 1.61. The summed E-state index contributed by atoms with van der Waals surface area (Å²) in [6, 6.07) is 0. The fourth-order valence-electron chi connectivity index (χ4n) is 1.04. The first-order chi connectivity index (χ1) is 6.15. The minimum atomic E-state index is -0.581. The van der Waals surface area contributed by atoms with Gasteiger partial charge in [0.15, 0.2) is 0 Å². The lowest BCUT2D eigenvalue weighted by atomic mass is 10.1. The van der Waals surface area contributed by atoms with Crippen LogP contribution >= 0.6 is 0 Å². The van der Waals surface area contributed by atoms with Gasteiger partial charge in [-0.2, -0.15) is 0 Å². The molecule has 0 aromatic carbocycles. The maximum Gasteiger partial charge on any atom is 0.396 e. The number of ether oxygens (including phenoxy) is 1. The summed E-state index contributed by atoms with van der Waals surface area (Å²) in [5.41, 5.74) is -0.000723. The lowest BCUT2D eigenvalue weighted by molar-refractivity contribution is 0.0553. The average Bonchev–Trinajstić information content (AvgIpc) is 2.72. The molecule has 1 aromatic rings. The topological polar surface area (TPSA) is 65.2 Å². The molecular formula is C8H10N2O3. The van der Waals surface area contributed by atoms with Crippen LogP contribution in [0.1, 0.15) is 36.3 Å². The third kappa shape index (κ3) is 1.30. The minimum absolute atomic E-state index is 0.000723. The lowest BCUT2D eigenvalue weighted by Crippen LogP contribution is -2.01. The Labute approximate surface area is 75.1 Å². The molecule has 0 saturated heterocycles. The van der Waals surface area contributed by atoms with E-state index in [0.717, 1.165) is 12.8 Å². The van der Waals surface area contributed by atoms with Gasteiger partial charge in [0.25, 0.3) is 0 Å². The highest BCUT2D eigenvalue weighted by molar-refractivity contribution is 5.83. The zero-order valence-corrected chi connectivity index (χ0v) is 7.53. The quantitative estimate of drug-likeness (QED) is 0.636. The second kappa shape index (κ2) is 2.55. The Balaban J connectivity index is 2.23. The summed E-state index contributed by atoms with van der Waals surface area (Å²) in [4.78, 5) is 11.0. The summed E-state index contributed by atoms with van der Waals surface area (Å²) >= 11 is 0. The van der Waals surface area contributed by atoms with Crippen LogP contribution in [0.2, 0.25) is 0 Å². The Morgan fingerprint density at radius 2 is 2.23 bits per heavy atom. The van der Waals surface area contributed by atoms with Gasteiger partial charge in [0.2, 0.25) is 5.89 Å². The maximum atomic E-state index is 11.0. The van der Waals surface area contributed by atoms with E-state index in [1.807, 2.05) is 6.92 Å². The summed E-state index contributed by atoms with van der Waals surface area (Å²) in [7, 11) is 1.28. The third-order valence-electron chi connectivity index (χ3n) is 2.30. The van der Waals surface area contributed by atoms with Crippen LogP contribution < -0.4 is 0 Å². The van der Waals surface area contributed by atoms with Crippen LogP contribution in [-0.2, 0) is 10.2 Å². The molecule has 70 valence electrons. The summed E-state index contributed by atoms with van der Waals surface area (Å²) in [6.07, 6.45) is 2.08. The predicted molar refractivity (Wildman–Crippen MR) is 42.2 cm³/mol. The average molecular weight is 182 g/mol. The molecule has 1 saturated carbocycles. The third-order valence-corrected chi connectivity index (χ3v) is 2.30. The first kappa shape index (κ1) is 8.22. The van der Waals surface area contributed by atoms with Gasteiger partial charge in [-0.3, -0.25) is 0 Å². The molecule has 1 fully saturated rings. The number of hydrogen-bond acceptors (Lipinski definition) is 5. The molecule has 0 atom stereocenters. The summed E-state index contributed by atoms with van der Waals surface area (Å²) in [6.45, 7) is 2.03. The van der Waals surface area contributed by atoms with Gasteiger partial charge < -0.3 is 9.15 Å². The Bertz CT molecular complexity index is 341. The smallest absolute Gasteiger partial charge is 0.396 e. The van der Waals surface area contributed by atoms with Crippen molar-refractivity contribution in [2.45, 2.75) is 25.2 Å². The highest BCUT2D eigenvalue weighted by Gasteiger charge is 2.44. The van der Waals surface area contributed by atoms with Crippen molar-refractivity contribution in [3.8, 4) is 0 Å². The van der Waals surface area contributed by atoms with Crippen LogP contribution in [-0.4, -0.2) is 23.3 Å². The molecule has 0 unspecified atom stereocenters. The summed E-state index contributed by atoms with van der Waals surface area (Å²) in [5, 5.41) is 7.40. The molecule has 5 nitrogen and oxygen atoms in total. The number of carbonyl (C=O) groups is 1. The molecule has 1 aliphatic carbocycles. The molecule has 0 spiro atoms. The van der Waals surface area contributed by atoms with Crippen molar-refractivity contribution in [1.29, 1.82) is 0 Å². The van der Waals surface area contributed by atoms with E-state index in [9.17, 15) is 4.79 Å². The van der Waals surface area contributed by atoms with E-state index in [1.165, 1.54) is 7.11 Å². The maximum absolute atomic E-state index is 11.0. The molecule has 1 aromatic heterocycles. The van der Waals surface area contributed by atoms with E-state index in [-0.39, 0.29) is 11.3 Å². The van der Waals surface area contributed by atoms with Crippen LogP contribution in [0.4, 0.5) is 0 Å². The van der Waals surface area contributed by atoms with Gasteiger partial charge in [-0.1, -0.05) is 6.92 Å². The van der Waals surface area contributed by atoms with E-state index in [0.29, 0.717) is 5.89 Å². The van der Waals surface area contributed by atoms with Gasteiger partial charge in [0.1, 0.15) is 0 Å². The fraction of sp³-hybridized carbons (Fsp3) is 0.625. The van der Waals surface area contributed by atoms with Crippen molar-refractivity contribution in [1.82, 2.24) is 10.2 Å². The predicted octanol–water partition coefficient (Wildman–Crippen LogP) is 0.908. The Hall–Kier alpha value is -1.39. The number of carbonyl (C=O) groups excluding carboxylic acids is 1. The van der Waals surface area contributed by atoms with E-state index in [1.54, 1.807) is 0 Å². The Morgan fingerprint density at radius 3 is 2.77 bits per heavy atom. The van der Waals surface area contributed by atoms with Crippen molar-refractivity contribution in [3.63, 3.8) is 0 Å². The second-order valence-electron chi connectivity index (χ2n) is 3.46. The van der Waals surface area contributed by atoms with Crippen LogP contribution in [0.15, 0.2) is 4.42 Å². The van der Waals surface area contributed by atoms with Gasteiger partial charge in [0, 0.05) is 5.41 Å². The van der Waals surface area contributed by atoms with Gasteiger partial charge >= 0.3 is 11.9 Å². The van der Waals surface area contributed by atoms with Crippen molar-refractivity contribution in [2.75, 3.05) is 7.11 Å². The minimum Gasteiger partial charge on any atom is -0.462 e. The number of aromatic nitrogens is 2. The highest BCUT2D eigenvalue weighted by Crippen LogP contribution is 2.46. The van der Waals surface area contributed by atoms with Gasteiger partial charge in [0.05, 0.1) is 7.11 Å². The highest BCUT2D eigenvalue weighted by atomic mass is 16.5. The van der Waals surface area contributed by atoms with E-state index in [2.05, 4.69) is 14.9 Å². The molecule has 0 bridgehead atoms. The van der Waals surface area contributed by atoms with Crippen LogP contribution in [0, 0.1) is 0 Å². The van der Waals surface area contributed by atoms with Gasteiger partial charge in [-0.15, -0.1) is 10.2 Å². The number of methoxy groups -OCH3 is 1. The summed E-state index contributed by atoms with van der Waals surface area (Å²) in [5.74, 6) is -0.110. The van der Waals surface area contributed by atoms with Crippen molar-refractivity contribution in [3.05, 3.63) is 11.8 Å². The number of rotatable bonds is 2. The van der Waals surface area contributed by atoms with E-state index >= 15 is 0 Å². The first-order valence-electron chi connectivity index (χ1n) is 4.08. The molecule has 0 N–H and O–H groups in total. The van der Waals surface area contributed by atoms with Crippen molar-refractivity contribution >= 4 is 5.97 Å². The molecular weight excluding hydrogens is 172 g/mol. The standard InChI is InChI=1S/C8H10N2O3/c1-8(3-4-8)7-10-9-5(13-7)6(11)12-2/h3-4H2,1-2H3. The molecule has 1 heterocycles. The van der Waals surface area contributed by atoms with Crippen LogP contribution in [0.5, 0.6) is 0 Å². The van der Waals surface area contributed by atoms with Crippen molar-refractivity contribution < 1.29 is 13.9 Å². The summed E-state index contributed by atoms with van der Waals surface area (Å²) < 4.78 is 9.61. The molecule has 0 radical (unpaired) electrons. The molecule has 0 amide bonds. The number of esters is 1. The number of hydrogen-bond donors (Lipinski definition) is 0. The first-order valence-corrected chi connectivity index (χ1v) is 4.08. The van der Waals surface area contributed by atoms with E-state index in [4.69, 9.17) is 4.42 Å². The van der Waals surface area contributed by atoms with E-state index < -0.39 is 5.97 Å². The zero-order chi connectivity index (χ0) is 9.47. The monoisotopic (exact) mass is 182 g/mol. The van der Waals surface area contributed by atoms with Crippen LogP contribution in [0.3, 0.4) is 0 Å². The molecule has 5 heteroatoms. The molecule has 0 aliphatic heterocycles. The largest absolute Gasteiger partial charge is 0.462 e. The lowest BCUT2D eigenvalue weighted by Gasteiger charge is -1.97. The van der Waals surface area contributed by atoms with Crippen molar-refractivity contribution in [2.24, 2.45) is 0 Å². The molecule has 13 heavy (non-hydrogen) atoms. The van der Waals surface area contributed by atoms with Crippen LogP contribution in [0.25, 0.3) is 0 Å².